The summed E-state index contributed by atoms with van der Waals surface area (Å²) in [4.78, 5) is 26.6. The second-order valence-corrected chi connectivity index (χ2v) is 7.34. The lowest BCUT2D eigenvalue weighted by Gasteiger charge is -2.33. The second-order valence-electron chi connectivity index (χ2n) is 7.34. The van der Waals surface area contributed by atoms with Gasteiger partial charge >= 0.3 is 0 Å². The Labute approximate surface area is 146 Å². The first-order valence-electron chi connectivity index (χ1n) is 8.47. The highest BCUT2D eigenvalue weighted by Crippen LogP contribution is 2.56. The number of aliphatic carboxylic acids is 1. The molecule has 1 aromatic carbocycles. The van der Waals surface area contributed by atoms with Crippen LogP contribution in [0.4, 0.5) is 5.69 Å². The third-order valence-corrected chi connectivity index (χ3v) is 5.55. The lowest BCUT2D eigenvalue weighted by Crippen LogP contribution is -2.46. The molecule has 0 aliphatic carbocycles. The van der Waals surface area contributed by atoms with Gasteiger partial charge in [0.15, 0.2) is 0 Å². The fourth-order valence-corrected chi connectivity index (χ4v) is 4.51. The first-order valence-corrected chi connectivity index (χ1v) is 8.47. The maximum atomic E-state index is 13.3. The van der Waals surface area contributed by atoms with E-state index in [-0.39, 0.29) is 11.9 Å². The topological polar surface area (TPSA) is 69.7 Å². The number of hydrogen-bond acceptors (Lipinski definition) is 4. The number of rotatable bonds is 4. The molecule has 5 atom stereocenters. The van der Waals surface area contributed by atoms with E-state index in [1.807, 2.05) is 44.2 Å². The summed E-state index contributed by atoms with van der Waals surface area (Å²) in [7, 11) is 0. The van der Waals surface area contributed by atoms with Crippen molar-refractivity contribution in [1.29, 1.82) is 0 Å². The molecular formula is C20H20NO4-. The highest BCUT2D eigenvalue weighted by Gasteiger charge is 2.69. The quantitative estimate of drug-likeness (QED) is 0.778. The molecule has 4 rings (SSSR count). The van der Waals surface area contributed by atoms with Crippen LogP contribution in [0, 0.1) is 18.8 Å². The number of carboxylic acid groups (broad SMARTS) is 1. The van der Waals surface area contributed by atoms with E-state index in [9.17, 15) is 14.7 Å². The van der Waals surface area contributed by atoms with Crippen molar-refractivity contribution in [2.45, 2.75) is 38.0 Å². The number of carbonyl (C=O) groups is 2. The molecule has 5 heteroatoms. The Hall–Kier alpha value is -2.40. The predicted molar refractivity (Wildman–Crippen MR) is 90.6 cm³/mol. The summed E-state index contributed by atoms with van der Waals surface area (Å²) < 4.78 is 6.08. The van der Waals surface area contributed by atoms with Crippen molar-refractivity contribution in [2.24, 2.45) is 11.8 Å². The molecule has 5 nitrogen and oxygen atoms in total. The number of fused-ring (bicyclic) bond motifs is 1. The second kappa shape index (κ2) is 5.30. The lowest BCUT2D eigenvalue weighted by molar-refractivity contribution is -0.313. The Morgan fingerprint density at radius 3 is 2.64 bits per heavy atom. The molecule has 0 aromatic heterocycles. The summed E-state index contributed by atoms with van der Waals surface area (Å²) in [5.74, 6) is -3.13. The number of anilines is 1. The standard InChI is InChI=1S/C20H21NO4/c1-11(2)10-15-20-9-8-14(25-20)16(19(23)24)17(20)18(22)21(15)13-6-4-12(3)5-7-13/h4-9,14-17H,1,10H2,2-3H3,(H,23,24)/p-1/t14-,15+,16+,17-,20+/m0/s1. The molecule has 0 radical (unpaired) electrons. The normalized spacial score (nSPS) is 35.3. The minimum atomic E-state index is -1.23. The summed E-state index contributed by atoms with van der Waals surface area (Å²) in [5.41, 5.74) is 1.84. The molecule has 3 aliphatic rings. The first kappa shape index (κ1) is 16.1. The van der Waals surface area contributed by atoms with E-state index < -0.39 is 29.5 Å². The van der Waals surface area contributed by atoms with Crippen molar-refractivity contribution in [1.82, 2.24) is 0 Å². The smallest absolute Gasteiger partial charge is 0.234 e. The predicted octanol–water partition coefficient (Wildman–Crippen LogP) is 1.37. The fraction of sp³-hybridized carbons (Fsp3) is 0.400. The Morgan fingerprint density at radius 2 is 2.04 bits per heavy atom. The molecule has 1 spiro atoms. The highest BCUT2D eigenvalue weighted by molar-refractivity contribution is 6.03. The Kier molecular flexibility index (Phi) is 3.41. The van der Waals surface area contributed by atoms with Crippen LogP contribution >= 0.6 is 0 Å². The zero-order valence-electron chi connectivity index (χ0n) is 14.3. The van der Waals surface area contributed by atoms with Crippen molar-refractivity contribution in [2.75, 3.05) is 4.90 Å². The van der Waals surface area contributed by atoms with Gasteiger partial charge < -0.3 is 19.5 Å². The fourth-order valence-electron chi connectivity index (χ4n) is 4.51. The molecule has 0 N–H and O–H groups in total. The van der Waals surface area contributed by atoms with E-state index in [0.29, 0.717) is 6.42 Å². The average molecular weight is 338 g/mol. The summed E-state index contributed by atoms with van der Waals surface area (Å²) in [6.45, 7) is 7.87. The van der Waals surface area contributed by atoms with Gasteiger partial charge in [0.25, 0.3) is 0 Å². The van der Waals surface area contributed by atoms with Crippen molar-refractivity contribution in [3.05, 3.63) is 54.1 Å². The first-order chi connectivity index (χ1) is 11.8. The lowest BCUT2D eigenvalue weighted by atomic mass is 9.74. The van der Waals surface area contributed by atoms with Crippen LogP contribution in [0.1, 0.15) is 18.9 Å². The number of nitrogens with zero attached hydrogens (tertiary/aromatic N) is 1. The summed E-state index contributed by atoms with van der Waals surface area (Å²) in [6, 6.07) is 7.35. The van der Waals surface area contributed by atoms with Gasteiger partial charge in [-0.2, -0.15) is 0 Å². The summed E-state index contributed by atoms with van der Waals surface area (Å²) >= 11 is 0. The van der Waals surface area contributed by atoms with E-state index in [4.69, 9.17) is 4.74 Å². The Bertz CT molecular complexity index is 796. The van der Waals surface area contributed by atoms with Crippen LogP contribution in [-0.4, -0.2) is 29.6 Å². The van der Waals surface area contributed by atoms with Gasteiger partial charge in [-0.05, 0) is 32.4 Å². The van der Waals surface area contributed by atoms with Crippen molar-refractivity contribution in [3.63, 3.8) is 0 Å². The molecule has 3 heterocycles. The molecular weight excluding hydrogens is 318 g/mol. The molecule has 130 valence electrons. The van der Waals surface area contributed by atoms with Gasteiger partial charge in [0, 0.05) is 17.6 Å². The van der Waals surface area contributed by atoms with Crippen LogP contribution in [0.3, 0.4) is 0 Å². The van der Waals surface area contributed by atoms with E-state index in [1.54, 1.807) is 11.0 Å². The minimum Gasteiger partial charge on any atom is -0.550 e. The minimum absolute atomic E-state index is 0.212. The van der Waals surface area contributed by atoms with Crippen LogP contribution in [-0.2, 0) is 14.3 Å². The van der Waals surface area contributed by atoms with Gasteiger partial charge in [0.2, 0.25) is 5.91 Å². The van der Waals surface area contributed by atoms with Crippen molar-refractivity contribution >= 4 is 17.6 Å². The molecule has 25 heavy (non-hydrogen) atoms. The van der Waals surface area contributed by atoms with Gasteiger partial charge in [0.1, 0.15) is 5.60 Å². The monoisotopic (exact) mass is 338 g/mol. The molecule has 1 amide bonds. The number of carbonyl (C=O) groups excluding carboxylic acids is 2. The number of carboxylic acids is 1. The SMILES string of the molecule is C=C(C)C[C@H]1N(c2ccc(C)cc2)C(=O)[C@@H]2[C@H](C(=O)[O-])[C@@H]3C=C[C@]21O3. The zero-order valence-corrected chi connectivity index (χ0v) is 14.3. The van der Waals surface area contributed by atoms with E-state index in [1.165, 1.54) is 0 Å². The molecule has 0 unspecified atom stereocenters. The molecule has 3 aliphatic heterocycles. The van der Waals surface area contributed by atoms with Crippen LogP contribution in [0.2, 0.25) is 0 Å². The zero-order chi connectivity index (χ0) is 17.9. The number of ether oxygens (including phenoxy) is 1. The van der Waals surface area contributed by atoms with Gasteiger partial charge in [-0.15, -0.1) is 6.58 Å². The number of hydrogen-bond donors (Lipinski definition) is 0. The van der Waals surface area contributed by atoms with Crippen LogP contribution in [0.5, 0.6) is 0 Å². The number of benzene rings is 1. The molecule has 1 aromatic rings. The van der Waals surface area contributed by atoms with Crippen LogP contribution < -0.4 is 10.0 Å². The largest absolute Gasteiger partial charge is 0.550 e. The van der Waals surface area contributed by atoms with E-state index in [0.717, 1.165) is 16.8 Å². The Balaban J connectivity index is 1.84. The number of aryl methyl sites for hydroxylation is 1. The maximum Gasteiger partial charge on any atom is 0.234 e. The number of amides is 1. The molecule has 2 saturated heterocycles. The van der Waals surface area contributed by atoms with E-state index >= 15 is 0 Å². The summed E-state index contributed by atoms with van der Waals surface area (Å²) in [5, 5.41) is 11.7. The van der Waals surface area contributed by atoms with Gasteiger partial charge in [0.05, 0.1) is 18.1 Å². The molecule has 2 fully saturated rings. The third kappa shape index (κ3) is 2.12. The van der Waals surface area contributed by atoms with Crippen LogP contribution in [0.25, 0.3) is 0 Å². The van der Waals surface area contributed by atoms with Crippen molar-refractivity contribution in [3.8, 4) is 0 Å². The van der Waals surface area contributed by atoms with Crippen LogP contribution in [0.15, 0.2) is 48.6 Å². The maximum absolute atomic E-state index is 13.3. The van der Waals surface area contributed by atoms with Crippen molar-refractivity contribution < 1.29 is 19.4 Å². The molecule has 2 bridgehead atoms. The highest BCUT2D eigenvalue weighted by atomic mass is 16.5. The third-order valence-electron chi connectivity index (χ3n) is 5.55. The van der Waals surface area contributed by atoms with E-state index in [2.05, 4.69) is 6.58 Å². The van der Waals surface area contributed by atoms with Gasteiger partial charge in [-0.3, -0.25) is 4.79 Å². The average Bonchev–Trinajstić information content (AvgIpc) is 3.18. The Morgan fingerprint density at radius 1 is 1.36 bits per heavy atom. The van der Waals surface area contributed by atoms with Gasteiger partial charge in [-0.25, -0.2) is 0 Å². The molecule has 0 saturated carbocycles. The van der Waals surface area contributed by atoms with Gasteiger partial charge in [-0.1, -0.05) is 35.4 Å². The summed E-state index contributed by atoms with van der Waals surface area (Å²) in [6.07, 6.45) is 3.59.